The van der Waals surface area contributed by atoms with Crippen molar-refractivity contribution >= 4 is 40.1 Å². The van der Waals surface area contributed by atoms with E-state index >= 15 is 0 Å². The summed E-state index contributed by atoms with van der Waals surface area (Å²) in [5.41, 5.74) is 2.28. The molecule has 0 unspecified atom stereocenters. The number of hydrogen-bond acceptors (Lipinski definition) is 4. The number of ether oxygens (including phenoxy) is 1. The van der Waals surface area contributed by atoms with E-state index in [9.17, 15) is 14.4 Å². The van der Waals surface area contributed by atoms with Crippen molar-refractivity contribution in [1.82, 2.24) is 4.98 Å². The average molecular weight is 419 g/mol. The number of nitrogens with one attached hydrogen (secondary N) is 2. The van der Waals surface area contributed by atoms with Crippen LogP contribution in [-0.2, 0) is 25.5 Å². The highest BCUT2D eigenvalue weighted by Crippen LogP contribution is 2.36. The summed E-state index contributed by atoms with van der Waals surface area (Å²) in [4.78, 5) is 42.2. The van der Waals surface area contributed by atoms with Gasteiger partial charge in [0.1, 0.15) is 5.54 Å². The van der Waals surface area contributed by atoms with Crippen LogP contribution in [0.25, 0.3) is 10.9 Å². The number of para-hydroxylation sites is 3. The number of aryl methyl sites for hydroxylation is 1. The van der Waals surface area contributed by atoms with Gasteiger partial charge in [-0.2, -0.15) is 0 Å². The Kier molecular flexibility index (Phi) is 5.50. The molecule has 7 nitrogen and oxygen atoms in total. The van der Waals surface area contributed by atoms with E-state index in [4.69, 9.17) is 4.74 Å². The van der Waals surface area contributed by atoms with Gasteiger partial charge in [-0.05, 0) is 50.5 Å². The normalized spacial score (nSPS) is 14.8. The molecule has 0 atom stereocenters. The van der Waals surface area contributed by atoms with E-state index in [-0.39, 0.29) is 12.3 Å². The van der Waals surface area contributed by atoms with E-state index < -0.39 is 24.0 Å². The quantitative estimate of drug-likeness (QED) is 0.595. The predicted molar refractivity (Wildman–Crippen MR) is 119 cm³/mol. The van der Waals surface area contributed by atoms with Gasteiger partial charge in [0.05, 0.1) is 11.4 Å². The monoisotopic (exact) mass is 419 g/mol. The topological polar surface area (TPSA) is 91.5 Å². The number of rotatable bonds is 6. The van der Waals surface area contributed by atoms with E-state index in [0.717, 1.165) is 22.9 Å². The van der Waals surface area contributed by atoms with Gasteiger partial charge in [0.25, 0.3) is 5.91 Å². The van der Waals surface area contributed by atoms with Gasteiger partial charge in [0.2, 0.25) is 5.91 Å². The lowest BCUT2D eigenvalue weighted by Gasteiger charge is -2.41. The second kappa shape index (κ2) is 8.26. The molecule has 1 aliphatic rings. The maximum Gasteiger partial charge on any atom is 0.306 e. The maximum absolute atomic E-state index is 12.9. The van der Waals surface area contributed by atoms with Crippen LogP contribution < -0.4 is 10.2 Å². The number of hydrogen-bond donors (Lipinski definition) is 2. The third kappa shape index (κ3) is 4.03. The summed E-state index contributed by atoms with van der Waals surface area (Å²) < 4.78 is 5.24. The Labute approximate surface area is 180 Å². The Bertz CT molecular complexity index is 1150. The highest BCUT2D eigenvalue weighted by Gasteiger charge is 2.43. The molecule has 2 heterocycles. The van der Waals surface area contributed by atoms with E-state index in [1.165, 1.54) is 4.90 Å². The fourth-order valence-electron chi connectivity index (χ4n) is 3.94. The molecule has 2 N–H and O–H groups in total. The zero-order valence-corrected chi connectivity index (χ0v) is 17.6. The van der Waals surface area contributed by atoms with Crippen molar-refractivity contribution in [3.05, 3.63) is 60.3 Å². The molecule has 0 spiro atoms. The van der Waals surface area contributed by atoms with Crippen molar-refractivity contribution < 1.29 is 19.1 Å². The lowest BCUT2D eigenvalue weighted by molar-refractivity contribution is -0.148. The Morgan fingerprint density at radius 1 is 1.06 bits per heavy atom. The minimum atomic E-state index is -1.09. The van der Waals surface area contributed by atoms with Crippen LogP contribution in [0.2, 0.25) is 0 Å². The Hall–Kier alpha value is -3.61. The number of amides is 2. The molecule has 0 saturated carbocycles. The van der Waals surface area contributed by atoms with Gasteiger partial charge < -0.3 is 15.0 Å². The molecular formula is C24H25N3O4. The summed E-state index contributed by atoms with van der Waals surface area (Å²) in [6, 6.07) is 15.1. The Morgan fingerprint density at radius 3 is 2.65 bits per heavy atom. The van der Waals surface area contributed by atoms with Crippen molar-refractivity contribution in [2.75, 3.05) is 16.8 Å². The summed E-state index contributed by atoms with van der Waals surface area (Å²) >= 11 is 0. The molecule has 3 aromatic rings. The van der Waals surface area contributed by atoms with Crippen molar-refractivity contribution in [1.29, 1.82) is 0 Å². The molecule has 0 radical (unpaired) electrons. The van der Waals surface area contributed by atoms with Crippen molar-refractivity contribution in [2.24, 2.45) is 0 Å². The molecule has 1 aliphatic heterocycles. The zero-order valence-electron chi connectivity index (χ0n) is 17.6. The second-order valence-electron chi connectivity index (χ2n) is 8.13. The third-order valence-corrected chi connectivity index (χ3v) is 5.62. The molecular weight excluding hydrogens is 394 g/mol. The molecule has 2 amide bonds. The summed E-state index contributed by atoms with van der Waals surface area (Å²) in [6.07, 6.45) is 3.53. The number of benzene rings is 2. The lowest BCUT2D eigenvalue weighted by Crippen LogP contribution is -2.59. The summed E-state index contributed by atoms with van der Waals surface area (Å²) in [5, 5.41) is 3.96. The smallest absolute Gasteiger partial charge is 0.306 e. The number of anilines is 2. The first kappa shape index (κ1) is 20.7. The van der Waals surface area contributed by atoms with E-state index in [0.29, 0.717) is 17.8 Å². The minimum Gasteiger partial charge on any atom is -0.456 e. The van der Waals surface area contributed by atoms with Crippen molar-refractivity contribution in [3.63, 3.8) is 0 Å². The molecule has 0 fully saturated rings. The Balaban J connectivity index is 1.34. The lowest BCUT2D eigenvalue weighted by atomic mass is 9.96. The molecule has 160 valence electrons. The number of nitrogens with zero attached hydrogens (tertiary/aromatic N) is 1. The SMILES string of the molecule is CC1(C)C(=O)Nc2ccccc2N1C(=O)COC(=O)CCCc1c[nH]c2ccccc12. The van der Waals surface area contributed by atoms with Gasteiger partial charge in [0.15, 0.2) is 6.61 Å². The molecule has 0 bridgehead atoms. The number of esters is 1. The van der Waals surface area contributed by atoms with Crippen molar-refractivity contribution in [2.45, 2.75) is 38.6 Å². The molecule has 7 heteroatoms. The molecule has 2 aromatic carbocycles. The molecule has 0 aliphatic carbocycles. The summed E-state index contributed by atoms with van der Waals surface area (Å²) in [7, 11) is 0. The minimum absolute atomic E-state index is 0.216. The highest BCUT2D eigenvalue weighted by atomic mass is 16.5. The average Bonchev–Trinajstić information content (AvgIpc) is 3.16. The van der Waals surface area contributed by atoms with E-state index in [1.807, 2.05) is 30.5 Å². The summed E-state index contributed by atoms with van der Waals surface area (Å²) in [6.45, 7) is 2.93. The van der Waals surface area contributed by atoms with Gasteiger partial charge in [-0.15, -0.1) is 0 Å². The largest absolute Gasteiger partial charge is 0.456 e. The fourth-order valence-corrected chi connectivity index (χ4v) is 3.94. The molecule has 0 saturated heterocycles. The van der Waals surface area contributed by atoms with Gasteiger partial charge >= 0.3 is 5.97 Å². The third-order valence-electron chi connectivity index (χ3n) is 5.62. The number of carbonyl (C=O) groups is 3. The first-order valence-electron chi connectivity index (χ1n) is 10.3. The number of aromatic amines is 1. The van der Waals surface area contributed by atoms with E-state index in [1.54, 1.807) is 38.1 Å². The van der Waals surface area contributed by atoms with Crippen LogP contribution in [-0.4, -0.2) is 34.9 Å². The number of aromatic nitrogens is 1. The van der Waals surface area contributed by atoms with E-state index in [2.05, 4.69) is 10.3 Å². The second-order valence-corrected chi connectivity index (χ2v) is 8.13. The van der Waals surface area contributed by atoms with Crippen LogP contribution in [0.3, 0.4) is 0 Å². The number of fused-ring (bicyclic) bond motifs is 2. The number of H-pyrrole nitrogens is 1. The van der Waals surface area contributed by atoms with Gasteiger partial charge in [0, 0.05) is 23.5 Å². The van der Waals surface area contributed by atoms with Gasteiger partial charge in [-0.3, -0.25) is 19.3 Å². The van der Waals surface area contributed by atoms with Crippen LogP contribution in [0.4, 0.5) is 11.4 Å². The number of carbonyl (C=O) groups excluding carboxylic acids is 3. The first-order chi connectivity index (χ1) is 14.9. The fraction of sp³-hybridized carbons (Fsp3) is 0.292. The van der Waals surface area contributed by atoms with Crippen LogP contribution in [0.5, 0.6) is 0 Å². The van der Waals surface area contributed by atoms with Crippen LogP contribution >= 0.6 is 0 Å². The highest BCUT2D eigenvalue weighted by molar-refractivity contribution is 6.14. The standard InChI is InChI=1S/C24H25N3O4/c1-24(2)23(30)26-19-11-5-6-12-20(19)27(24)21(28)15-31-22(29)13-7-8-16-14-25-18-10-4-3-9-17(16)18/h3-6,9-12,14,25H,7-8,13,15H2,1-2H3,(H,26,30). The zero-order chi connectivity index (χ0) is 22.0. The van der Waals surface area contributed by atoms with Gasteiger partial charge in [-0.1, -0.05) is 30.3 Å². The van der Waals surface area contributed by atoms with Crippen LogP contribution in [0, 0.1) is 0 Å². The van der Waals surface area contributed by atoms with Crippen molar-refractivity contribution in [3.8, 4) is 0 Å². The molecule has 1 aromatic heterocycles. The Morgan fingerprint density at radius 2 is 1.81 bits per heavy atom. The maximum atomic E-state index is 12.9. The molecule has 31 heavy (non-hydrogen) atoms. The molecule has 4 rings (SSSR count). The first-order valence-corrected chi connectivity index (χ1v) is 10.3. The predicted octanol–water partition coefficient (Wildman–Crippen LogP) is 3.80. The van der Waals surface area contributed by atoms with Crippen LogP contribution in [0.15, 0.2) is 54.7 Å². The van der Waals surface area contributed by atoms with Crippen LogP contribution in [0.1, 0.15) is 32.3 Å². The summed E-state index contributed by atoms with van der Waals surface area (Å²) in [5.74, 6) is -1.15. The van der Waals surface area contributed by atoms with Gasteiger partial charge in [-0.25, -0.2) is 0 Å².